The minimum absolute atomic E-state index is 0.983. The molecule has 0 saturated carbocycles. The minimum Gasteiger partial charge on any atom is -0.369 e. The second-order valence-corrected chi connectivity index (χ2v) is 6.42. The SMILES string of the molecule is Cc1ccc(-c2nn(-c3cc(C)ccc3C)c3c2CCN3)cc1. The highest BCUT2D eigenvalue weighted by Crippen LogP contribution is 2.35. The lowest BCUT2D eigenvalue weighted by atomic mass is 10.1. The molecule has 0 unspecified atom stereocenters. The van der Waals surface area contributed by atoms with E-state index in [0.717, 1.165) is 30.2 Å². The molecule has 1 aliphatic rings. The van der Waals surface area contributed by atoms with Gasteiger partial charge in [-0.25, -0.2) is 4.68 Å². The molecule has 0 spiro atoms. The zero-order chi connectivity index (χ0) is 16.0. The van der Waals surface area contributed by atoms with Gasteiger partial charge in [0.05, 0.1) is 11.4 Å². The predicted molar refractivity (Wildman–Crippen MR) is 95.4 cm³/mol. The third-order valence-electron chi connectivity index (χ3n) is 4.57. The van der Waals surface area contributed by atoms with Crippen LogP contribution in [0, 0.1) is 20.8 Å². The molecule has 0 aliphatic carbocycles. The molecule has 1 aliphatic heterocycles. The number of fused-ring (bicyclic) bond motifs is 1. The molecule has 1 N–H and O–H groups in total. The highest BCUT2D eigenvalue weighted by Gasteiger charge is 2.24. The van der Waals surface area contributed by atoms with Crippen LogP contribution in [0.15, 0.2) is 42.5 Å². The van der Waals surface area contributed by atoms with Crippen LogP contribution in [0.25, 0.3) is 16.9 Å². The van der Waals surface area contributed by atoms with E-state index in [4.69, 9.17) is 5.10 Å². The summed E-state index contributed by atoms with van der Waals surface area (Å²) in [5.41, 5.74) is 8.56. The van der Waals surface area contributed by atoms with Gasteiger partial charge in [-0.15, -0.1) is 0 Å². The summed E-state index contributed by atoms with van der Waals surface area (Å²) in [6.07, 6.45) is 1.03. The number of nitrogens with one attached hydrogen (secondary N) is 1. The Kier molecular flexibility index (Phi) is 3.22. The van der Waals surface area contributed by atoms with Crippen molar-refractivity contribution in [2.24, 2.45) is 0 Å². The number of benzene rings is 2. The summed E-state index contributed by atoms with van der Waals surface area (Å²) in [6, 6.07) is 15.2. The topological polar surface area (TPSA) is 29.9 Å². The van der Waals surface area contributed by atoms with Gasteiger partial charge in [-0.05, 0) is 44.4 Å². The molecular weight excluding hydrogens is 282 g/mol. The molecule has 1 aromatic heterocycles. The minimum atomic E-state index is 0.983. The van der Waals surface area contributed by atoms with E-state index in [1.807, 2.05) is 0 Å². The number of aromatic nitrogens is 2. The molecule has 23 heavy (non-hydrogen) atoms. The van der Waals surface area contributed by atoms with E-state index in [9.17, 15) is 0 Å². The van der Waals surface area contributed by atoms with Crippen molar-refractivity contribution in [3.63, 3.8) is 0 Å². The van der Waals surface area contributed by atoms with Gasteiger partial charge in [0.15, 0.2) is 0 Å². The van der Waals surface area contributed by atoms with E-state index in [1.54, 1.807) is 0 Å². The molecule has 2 aromatic carbocycles. The second kappa shape index (κ2) is 5.27. The van der Waals surface area contributed by atoms with Crippen molar-refractivity contribution in [1.29, 1.82) is 0 Å². The van der Waals surface area contributed by atoms with Crippen LogP contribution in [0.3, 0.4) is 0 Å². The van der Waals surface area contributed by atoms with Gasteiger partial charge < -0.3 is 5.32 Å². The number of hydrogen-bond acceptors (Lipinski definition) is 2. The zero-order valence-electron chi connectivity index (χ0n) is 13.9. The highest BCUT2D eigenvalue weighted by atomic mass is 15.3. The van der Waals surface area contributed by atoms with E-state index >= 15 is 0 Å². The van der Waals surface area contributed by atoms with Crippen molar-refractivity contribution in [2.75, 3.05) is 11.9 Å². The third-order valence-corrected chi connectivity index (χ3v) is 4.57. The van der Waals surface area contributed by atoms with E-state index in [-0.39, 0.29) is 0 Å². The summed E-state index contributed by atoms with van der Waals surface area (Å²) in [4.78, 5) is 0. The molecule has 0 amide bonds. The highest BCUT2D eigenvalue weighted by molar-refractivity contribution is 5.73. The molecule has 3 aromatic rings. The van der Waals surface area contributed by atoms with Gasteiger partial charge in [-0.3, -0.25) is 0 Å². The maximum absolute atomic E-state index is 4.96. The molecule has 3 nitrogen and oxygen atoms in total. The van der Waals surface area contributed by atoms with Crippen LogP contribution in [-0.2, 0) is 6.42 Å². The Morgan fingerprint density at radius 3 is 2.48 bits per heavy atom. The Bertz CT molecular complexity index is 873. The number of anilines is 1. The fourth-order valence-electron chi connectivity index (χ4n) is 3.24. The average molecular weight is 303 g/mol. The van der Waals surface area contributed by atoms with Crippen LogP contribution in [0.5, 0.6) is 0 Å². The Morgan fingerprint density at radius 1 is 0.957 bits per heavy atom. The normalized spacial score (nSPS) is 13.0. The molecular formula is C20H21N3. The smallest absolute Gasteiger partial charge is 0.133 e. The molecule has 3 heteroatoms. The summed E-state index contributed by atoms with van der Waals surface area (Å²) in [5, 5.41) is 8.47. The number of aryl methyl sites for hydroxylation is 3. The van der Waals surface area contributed by atoms with Crippen molar-refractivity contribution in [2.45, 2.75) is 27.2 Å². The summed E-state index contributed by atoms with van der Waals surface area (Å²) in [7, 11) is 0. The second-order valence-electron chi connectivity index (χ2n) is 6.42. The van der Waals surface area contributed by atoms with Crippen LogP contribution in [-0.4, -0.2) is 16.3 Å². The summed E-state index contributed by atoms with van der Waals surface area (Å²) < 4.78 is 2.08. The van der Waals surface area contributed by atoms with Crippen molar-refractivity contribution >= 4 is 5.82 Å². The standard InChI is InChI=1S/C20H21N3/c1-13-5-8-16(9-6-13)19-17-10-11-21-20(17)23(22-19)18-12-14(2)4-7-15(18)3/h4-9,12,21H,10-11H2,1-3H3. The fourth-order valence-corrected chi connectivity index (χ4v) is 3.24. The van der Waals surface area contributed by atoms with E-state index < -0.39 is 0 Å². The van der Waals surface area contributed by atoms with Crippen LogP contribution >= 0.6 is 0 Å². The van der Waals surface area contributed by atoms with Crippen molar-refractivity contribution < 1.29 is 0 Å². The fraction of sp³-hybridized carbons (Fsp3) is 0.250. The summed E-state index contributed by atoms with van der Waals surface area (Å²) in [6.45, 7) is 7.37. The van der Waals surface area contributed by atoms with Crippen LogP contribution in [0.1, 0.15) is 22.3 Å². The van der Waals surface area contributed by atoms with Gasteiger partial charge in [0, 0.05) is 17.7 Å². The molecule has 0 atom stereocenters. The average Bonchev–Trinajstić information content (AvgIpc) is 3.13. The van der Waals surface area contributed by atoms with Gasteiger partial charge in [0.25, 0.3) is 0 Å². The Morgan fingerprint density at radius 2 is 1.70 bits per heavy atom. The molecule has 2 heterocycles. The molecule has 0 radical (unpaired) electrons. The predicted octanol–water partition coefficient (Wildman–Crippen LogP) is 4.43. The van der Waals surface area contributed by atoms with E-state index in [1.165, 1.54) is 27.8 Å². The lowest BCUT2D eigenvalue weighted by molar-refractivity contribution is 0.874. The lowest BCUT2D eigenvalue weighted by Gasteiger charge is -2.10. The van der Waals surface area contributed by atoms with E-state index in [0.29, 0.717) is 0 Å². The van der Waals surface area contributed by atoms with Crippen LogP contribution in [0.4, 0.5) is 5.82 Å². The van der Waals surface area contributed by atoms with Gasteiger partial charge in [-0.2, -0.15) is 5.10 Å². The van der Waals surface area contributed by atoms with Crippen molar-refractivity contribution in [3.05, 3.63) is 64.7 Å². The molecule has 4 rings (SSSR count). The van der Waals surface area contributed by atoms with Crippen LogP contribution < -0.4 is 5.32 Å². The van der Waals surface area contributed by atoms with E-state index in [2.05, 4.69) is 73.2 Å². The Labute approximate surface area is 137 Å². The first-order valence-electron chi connectivity index (χ1n) is 8.14. The quantitative estimate of drug-likeness (QED) is 0.759. The zero-order valence-corrected chi connectivity index (χ0v) is 13.9. The first-order chi connectivity index (χ1) is 11.1. The van der Waals surface area contributed by atoms with Gasteiger partial charge >= 0.3 is 0 Å². The largest absolute Gasteiger partial charge is 0.369 e. The number of hydrogen-bond donors (Lipinski definition) is 1. The van der Waals surface area contributed by atoms with Crippen molar-refractivity contribution in [1.82, 2.24) is 9.78 Å². The molecule has 0 fully saturated rings. The summed E-state index contributed by atoms with van der Waals surface area (Å²) >= 11 is 0. The molecule has 116 valence electrons. The maximum atomic E-state index is 4.96. The molecule has 0 saturated heterocycles. The first-order valence-corrected chi connectivity index (χ1v) is 8.14. The Hall–Kier alpha value is -2.55. The number of nitrogens with zero attached hydrogens (tertiary/aromatic N) is 2. The monoisotopic (exact) mass is 303 g/mol. The van der Waals surface area contributed by atoms with Gasteiger partial charge in [0.2, 0.25) is 0 Å². The molecule has 0 bridgehead atoms. The third kappa shape index (κ3) is 2.33. The Balaban J connectivity index is 1.91. The first kappa shape index (κ1) is 14.1. The maximum Gasteiger partial charge on any atom is 0.133 e. The van der Waals surface area contributed by atoms with Gasteiger partial charge in [-0.1, -0.05) is 42.0 Å². The number of rotatable bonds is 2. The summed E-state index contributed by atoms with van der Waals surface area (Å²) in [5.74, 6) is 1.15. The lowest BCUT2D eigenvalue weighted by Crippen LogP contribution is -2.06. The van der Waals surface area contributed by atoms with Crippen LogP contribution in [0.2, 0.25) is 0 Å². The van der Waals surface area contributed by atoms with Gasteiger partial charge in [0.1, 0.15) is 5.82 Å². The van der Waals surface area contributed by atoms with Crippen molar-refractivity contribution in [3.8, 4) is 16.9 Å².